The average Bonchev–Trinajstić information content (AvgIpc) is 3.39. The van der Waals surface area contributed by atoms with Gasteiger partial charge in [0.2, 0.25) is 0 Å². The summed E-state index contributed by atoms with van der Waals surface area (Å²) >= 11 is 0. The van der Waals surface area contributed by atoms with Crippen molar-refractivity contribution < 1.29 is 9.15 Å². The number of ether oxygens (including phenoxy) is 1. The minimum Gasteiger partial charge on any atom is -0.469 e. The van der Waals surface area contributed by atoms with Crippen LogP contribution in [-0.4, -0.2) is 30.8 Å². The maximum atomic E-state index is 6.18. The van der Waals surface area contributed by atoms with E-state index in [0.717, 1.165) is 44.1 Å². The minimum absolute atomic E-state index is 0.106. The second kappa shape index (κ2) is 9.28. The Morgan fingerprint density at radius 3 is 2.75 bits per heavy atom. The molecule has 1 saturated heterocycles. The molecule has 1 atom stereocenters. The van der Waals surface area contributed by atoms with Crippen LogP contribution in [0.2, 0.25) is 0 Å². The molecule has 2 N–H and O–H groups in total. The van der Waals surface area contributed by atoms with Crippen LogP contribution in [0.25, 0.3) is 0 Å². The molecule has 0 bridgehead atoms. The molecule has 1 saturated carbocycles. The number of guanidine groups is 1. The van der Waals surface area contributed by atoms with Crippen molar-refractivity contribution in [3.63, 3.8) is 0 Å². The molecule has 1 aromatic carbocycles. The third kappa shape index (κ3) is 5.16. The number of nitrogens with zero attached hydrogens (tertiary/aromatic N) is 1. The van der Waals surface area contributed by atoms with Gasteiger partial charge in [-0.05, 0) is 43.4 Å². The summed E-state index contributed by atoms with van der Waals surface area (Å²) in [5, 5.41) is 7.18. The second-order valence-corrected chi connectivity index (χ2v) is 7.98. The number of rotatable bonds is 6. The molecule has 0 radical (unpaired) electrons. The lowest BCUT2D eigenvalue weighted by molar-refractivity contribution is -0.0815. The number of hydrogen-bond acceptors (Lipinski definition) is 3. The van der Waals surface area contributed by atoms with Gasteiger partial charge in [0.15, 0.2) is 5.96 Å². The molecule has 2 aliphatic rings. The molecule has 5 heteroatoms. The monoisotopic (exact) mass is 381 g/mol. The van der Waals surface area contributed by atoms with Crippen molar-refractivity contribution in [2.75, 3.05) is 13.2 Å². The Balaban J connectivity index is 1.38. The Hall–Kier alpha value is -2.27. The second-order valence-electron chi connectivity index (χ2n) is 7.98. The molecule has 150 valence electrons. The van der Waals surface area contributed by atoms with Crippen LogP contribution in [0.15, 0.2) is 58.1 Å². The zero-order valence-corrected chi connectivity index (χ0v) is 16.5. The van der Waals surface area contributed by atoms with Crippen molar-refractivity contribution in [3.05, 3.63) is 60.1 Å². The Kier molecular flexibility index (Phi) is 6.32. The highest BCUT2D eigenvalue weighted by Crippen LogP contribution is 2.39. The highest BCUT2D eigenvalue weighted by molar-refractivity contribution is 5.80. The van der Waals surface area contributed by atoms with E-state index in [4.69, 9.17) is 14.1 Å². The van der Waals surface area contributed by atoms with Gasteiger partial charge in [-0.1, -0.05) is 43.2 Å². The van der Waals surface area contributed by atoms with Gasteiger partial charge in [-0.25, -0.2) is 4.99 Å². The standard InChI is InChI=1S/C23H31N3O2/c1-2-7-19(8-3-1)18-25-22(24-14-10-21-9-6-15-27-21)26-20-11-16-28-23(17-20)12-4-5-13-23/h1-3,6-9,15,20H,4-5,10-14,16-18H2,(H2,24,25,26). The lowest BCUT2D eigenvalue weighted by Crippen LogP contribution is -2.51. The van der Waals surface area contributed by atoms with Crippen molar-refractivity contribution in [3.8, 4) is 0 Å². The van der Waals surface area contributed by atoms with Crippen LogP contribution in [0.4, 0.5) is 0 Å². The molecule has 2 fully saturated rings. The highest BCUT2D eigenvalue weighted by Gasteiger charge is 2.40. The van der Waals surface area contributed by atoms with E-state index in [2.05, 4.69) is 34.9 Å². The first-order valence-corrected chi connectivity index (χ1v) is 10.6. The quantitative estimate of drug-likeness (QED) is 0.585. The van der Waals surface area contributed by atoms with Gasteiger partial charge in [0.25, 0.3) is 0 Å². The topological polar surface area (TPSA) is 58.8 Å². The van der Waals surface area contributed by atoms with E-state index in [-0.39, 0.29) is 5.60 Å². The van der Waals surface area contributed by atoms with Crippen molar-refractivity contribution in [1.29, 1.82) is 0 Å². The molecule has 1 unspecified atom stereocenters. The number of nitrogens with one attached hydrogen (secondary N) is 2. The number of benzene rings is 1. The third-order valence-corrected chi connectivity index (χ3v) is 5.86. The Labute approximate surface area is 167 Å². The molecule has 2 aromatic rings. The fourth-order valence-corrected chi connectivity index (χ4v) is 4.38. The van der Waals surface area contributed by atoms with E-state index in [0.29, 0.717) is 12.6 Å². The zero-order valence-electron chi connectivity index (χ0n) is 16.5. The van der Waals surface area contributed by atoms with Gasteiger partial charge in [0, 0.05) is 25.6 Å². The van der Waals surface area contributed by atoms with Crippen LogP contribution >= 0.6 is 0 Å². The van der Waals surface area contributed by atoms with E-state index >= 15 is 0 Å². The summed E-state index contributed by atoms with van der Waals surface area (Å²) in [7, 11) is 0. The Morgan fingerprint density at radius 2 is 1.96 bits per heavy atom. The average molecular weight is 382 g/mol. The zero-order chi connectivity index (χ0) is 19.1. The van der Waals surface area contributed by atoms with Crippen molar-refractivity contribution in [1.82, 2.24) is 10.6 Å². The van der Waals surface area contributed by atoms with E-state index in [1.165, 1.54) is 31.2 Å². The van der Waals surface area contributed by atoms with E-state index in [9.17, 15) is 0 Å². The van der Waals surface area contributed by atoms with Crippen LogP contribution in [0.3, 0.4) is 0 Å². The molecule has 5 nitrogen and oxygen atoms in total. The van der Waals surface area contributed by atoms with E-state index in [1.54, 1.807) is 6.26 Å². The van der Waals surface area contributed by atoms with Crippen LogP contribution in [0, 0.1) is 0 Å². The molecule has 28 heavy (non-hydrogen) atoms. The van der Waals surface area contributed by atoms with Crippen LogP contribution < -0.4 is 10.6 Å². The van der Waals surface area contributed by atoms with E-state index < -0.39 is 0 Å². The van der Waals surface area contributed by atoms with Gasteiger partial charge in [-0.2, -0.15) is 0 Å². The summed E-state index contributed by atoms with van der Waals surface area (Å²) in [4.78, 5) is 4.84. The summed E-state index contributed by atoms with van der Waals surface area (Å²) in [6, 6.07) is 14.8. The van der Waals surface area contributed by atoms with Gasteiger partial charge in [0.05, 0.1) is 18.4 Å². The largest absolute Gasteiger partial charge is 0.469 e. The first-order valence-electron chi connectivity index (χ1n) is 10.6. The first-order chi connectivity index (χ1) is 13.8. The summed E-state index contributed by atoms with van der Waals surface area (Å²) in [6.07, 6.45) is 9.67. The number of furan rings is 1. The highest BCUT2D eigenvalue weighted by atomic mass is 16.5. The molecule has 0 amide bonds. The molecule has 2 heterocycles. The van der Waals surface area contributed by atoms with Crippen molar-refractivity contribution >= 4 is 5.96 Å². The molecular weight excluding hydrogens is 350 g/mol. The molecule has 1 spiro atoms. The summed E-state index contributed by atoms with van der Waals surface area (Å²) in [6.45, 7) is 2.31. The minimum atomic E-state index is 0.106. The molecule has 1 aliphatic heterocycles. The molecule has 1 aromatic heterocycles. The van der Waals surface area contributed by atoms with Crippen molar-refractivity contribution in [2.24, 2.45) is 4.99 Å². The van der Waals surface area contributed by atoms with Crippen LogP contribution in [-0.2, 0) is 17.7 Å². The first kappa shape index (κ1) is 19.1. The Bertz CT molecular complexity index is 736. The maximum Gasteiger partial charge on any atom is 0.191 e. The van der Waals surface area contributed by atoms with Gasteiger partial charge in [-0.3, -0.25) is 0 Å². The fraction of sp³-hybridized carbons (Fsp3) is 0.522. The summed E-state index contributed by atoms with van der Waals surface area (Å²) < 4.78 is 11.6. The number of hydrogen-bond donors (Lipinski definition) is 2. The number of aliphatic imine (C=N–C) groups is 1. The predicted molar refractivity (Wildman–Crippen MR) is 111 cm³/mol. The fourth-order valence-electron chi connectivity index (χ4n) is 4.38. The smallest absolute Gasteiger partial charge is 0.191 e. The molecule has 1 aliphatic carbocycles. The van der Waals surface area contributed by atoms with Gasteiger partial charge < -0.3 is 19.8 Å². The van der Waals surface area contributed by atoms with Gasteiger partial charge >= 0.3 is 0 Å². The molecule has 4 rings (SSSR count). The lowest BCUT2D eigenvalue weighted by Gasteiger charge is -2.39. The normalized spacial score (nSPS) is 21.7. The maximum absolute atomic E-state index is 6.18. The van der Waals surface area contributed by atoms with Gasteiger partial charge in [0.1, 0.15) is 5.76 Å². The van der Waals surface area contributed by atoms with Gasteiger partial charge in [-0.15, -0.1) is 0 Å². The summed E-state index contributed by atoms with van der Waals surface area (Å²) in [5.41, 5.74) is 1.32. The predicted octanol–water partition coefficient (Wildman–Crippen LogP) is 4.05. The molecular formula is C23H31N3O2. The summed E-state index contributed by atoms with van der Waals surface area (Å²) in [5.74, 6) is 1.88. The van der Waals surface area contributed by atoms with Crippen molar-refractivity contribution in [2.45, 2.75) is 63.1 Å². The van der Waals surface area contributed by atoms with E-state index in [1.807, 2.05) is 18.2 Å². The Morgan fingerprint density at radius 1 is 1.11 bits per heavy atom. The SMILES string of the molecule is c1ccc(CN=C(NCCc2ccco2)NC2CCOC3(CCCC3)C2)cc1. The lowest BCUT2D eigenvalue weighted by atomic mass is 9.89. The van der Waals surface area contributed by atoms with Crippen LogP contribution in [0.5, 0.6) is 0 Å². The van der Waals surface area contributed by atoms with Crippen LogP contribution in [0.1, 0.15) is 49.8 Å². The third-order valence-electron chi connectivity index (χ3n) is 5.86.